The molecular formula is C32H62P2Si6. The van der Waals surface area contributed by atoms with Gasteiger partial charge < -0.3 is 0 Å². The fourth-order valence-electron chi connectivity index (χ4n) is 8.68. The molecule has 0 aromatic heterocycles. The highest BCUT2D eigenvalue weighted by Crippen LogP contribution is 2.46. The van der Waals surface area contributed by atoms with Gasteiger partial charge >= 0.3 is 0 Å². The van der Waals surface area contributed by atoms with E-state index in [1.54, 1.807) is 22.0 Å². The fraction of sp³-hybridized carbons (Fsp3) is 0.656. The third-order valence-corrected chi connectivity index (χ3v) is 38.9. The lowest BCUT2D eigenvalue weighted by Crippen LogP contribution is -2.51. The maximum atomic E-state index is 3.52. The van der Waals surface area contributed by atoms with Crippen LogP contribution >= 0.6 is 15.7 Å². The lowest BCUT2D eigenvalue weighted by atomic mass is 10.1. The van der Waals surface area contributed by atoms with Crippen molar-refractivity contribution in [3.63, 3.8) is 0 Å². The molecule has 0 saturated carbocycles. The summed E-state index contributed by atoms with van der Waals surface area (Å²) in [6.07, 6.45) is 6.53. The Morgan fingerprint density at radius 1 is 0.500 bits per heavy atom. The van der Waals surface area contributed by atoms with Crippen molar-refractivity contribution in [2.45, 2.75) is 133 Å². The van der Waals surface area contributed by atoms with E-state index < -0.39 is 48.4 Å². The Kier molecular flexibility index (Phi) is 11.3. The predicted molar refractivity (Wildman–Crippen MR) is 209 cm³/mol. The molecule has 1 aromatic carbocycles. The van der Waals surface area contributed by atoms with E-state index in [4.69, 9.17) is 0 Å². The van der Waals surface area contributed by atoms with E-state index in [0.29, 0.717) is 0 Å². The average Bonchev–Trinajstić information content (AvgIpc) is 3.13. The lowest BCUT2D eigenvalue weighted by Gasteiger charge is -2.45. The first-order valence-electron chi connectivity index (χ1n) is 15.4. The Balaban J connectivity index is 3.26. The third kappa shape index (κ3) is 9.19. The molecule has 2 rings (SSSR count). The van der Waals surface area contributed by atoms with Crippen molar-refractivity contribution in [2.75, 3.05) is 0 Å². The van der Waals surface area contributed by atoms with Gasteiger partial charge in [0.1, 0.15) is 0 Å². The minimum absolute atomic E-state index is 0.757. The molecule has 0 atom stereocenters. The summed E-state index contributed by atoms with van der Waals surface area (Å²) in [6.45, 7) is 47.8. The zero-order valence-corrected chi connectivity index (χ0v) is 37.3. The highest BCUT2D eigenvalue weighted by atomic mass is 31.7. The van der Waals surface area contributed by atoms with Crippen LogP contribution in [0.3, 0.4) is 0 Å². The first kappa shape index (κ1) is 36.6. The van der Waals surface area contributed by atoms with Gasteiger partial charge in [0, 0.05) is 59.1 Å². The molecule has 1 aliphatic rings. The van der Waals surface area contributed by atoms with Crippen LogP contribution in [-0.2, 0) is 0 Å². The van der Waals surface area contributed by atoms with Gasteiger partial charge in [-0.3, -0.25) is 0 Å². The fourth-order valence-corrected chi connectivity index (χ4v) is 50.1. The second kappa shape index (κ2) is 12.4. The summed E-state index contributed by atoms with van der Waals surface area (Å²) in [5.41, 5.74) is 8.83. The standard InChI is InChI=1S/C32H62P2Si6/c1-35(2,3)30(36(4,5)6)25-23-27(31(37(7,8)9)38(10,11)12)29(34-33-26-21-19-20-22-26)28(24-25)32(39(13,14)15)40(16,17)18/h19-21,23-24,30-32H,1-18H3. The summed E-state index contributed by atoms with van der Waals surface area (Å²) >= 11 is 0. The Hall–Kier alpha value is 0.381. The first-order chi connectivity index (χ1) is 17.7. The molecule has 0 N–H and O–H groups in total. The molecule has 40 heavy (non-hydrogen) atoms. The number of hydrogen-bond acceptors (Lipinski definition) is 0. The highest BCUT2D eigenvalue weighted by molar-refractivity contribution is 7.90. The van der Waals surface area contributed by atoms with Crippen LogP contribution in [0.5, 0.6) is 0 Å². The van der Waals surface area contributed by atoms with Crippen molar-refractivity contribution in [1.29, 1.82) is 0 Å². The Labute approximate surface area is 259 Å². The molecule has 0 spiro atoms. The summed E-state index contributed by atoms with van der Waals surface area (Å²) in [5.74, 6) is 0. The zero-order valence-electron chi connectivity index (χ0n) is 29.5. The molecule has 0 aliphatic heterocycles. The maximum absolute atomic E-state index is 3.52. The average molecular weight is 677 g/mol. The van der Waals surface area contributed by atoms with E-state index in [2.05, 4.69) is 154 Å². The molecule has 1 aromatic rings. The van der Waals surface area contributed by atoms with Gasteiger partial charge in [0.15, 0.2) is 0 Å². The molecule has 0 unspecified atom stereocenters. The van der Waals surface area contributed by atoms with Crippen molar-refractivity contribution < 1.29 is 0 Å². The van der Waals surface area contributed by atoms with E-state index in [-0.39, 0.29) is 0 Å². The van der Waals surface area contributed by atoms with Gasteiger partial charge in [-0.05, 0) is 60.1 Å². The van der Waals surface area contributed by atoms with Crippen LogP contribution in [0.25, 0.3) is 0 Å². The van der Waals surface area contributed by atoms with E-state index in [1.165, 1.54) is 21.0 Å². The van der Waals surface area contributed by atoms with Crippen LogP contribution in [0.2, 0.25) is 118 Å². The Bertz CT molecular complexity index is 1100. The van der Waals surface area contributed by atoms with Gasteiger partial charge in [0.05, 0.1) is 0 Å². The number of rotatable bonds is 11. The highest BCUT2D eigenvalue weighted by Gasteiger charge is 2.46. The van der Waals surface area contributed by atoms with E-state index in [9.17, 15) is 0 Å². The summed E-state index contributed by atoms with van der Waals surface area (Å²) in [6, 6.07) is 5.67. The van der Waals surface area contributed by atoms with Gasteiger partial charge in [-0.25, -0.2) is 0 Å². The Morgan fingerprint density at radius 2 is 0.850 bits per heavy atom. The molecular weight excluding hydrogens is 615 g/mol. The van der Waals surface area contributed by atoms with Crippen LogP contribution in [0.4, 0.5) is 0 Å². The first-order valence-corrected chi connectivity index (χ1v) is 39.4. The van der Waals surface area contributed by atoms with Crippen LogP contribution in [0.15, 0.2) is 41.4 Å². The summed E-state index contributed by atoms with van der Waals surface area (Å²) in [7, 11) is -6.00. The Morgan fingerprint density at radius 3 is 1.12 bits per heavy atom. The molecule has 0 radical (unpaired) electrons. The van der Waals surface area contributed by atoms with Crippen molar-refractivity contribution in [3.05, 3.63) is 58.1 Å². The van der Waals surface area contributed by atoms with Crippen molar-refractivity contribution in [2.24, 2.45) is 0 Å². The van der Waals surface area contributed by atoms with Gasteiger partial charge in [-0.15, -0.1) is 5.73 Å². The second-order valence-corrected chi connectivity index (χ2v) is 54.9. The van der Waals surface area contributed by atoms with Gasteiger partial charge in [0.25, 0.3) is 0 Å². The molecule has 224 valence electrons. The monoisotopic (exact) mass is 676 g/mol. The molecule has 1 aliphatic carbocycles. The molecule has 0 amide bonds. The topological polar surface area (TPSA) is 0 Å². The van der Waals surface area contributed by atoms with E-state index in [0.717, 1.165) is 15.5 Å². The number of allylic oxidation sites excluding steroid dienone is 3. The summed E-state index contributed by atoms with van der Waals surface area (Å²) < 4.78 is 0. The molecule has 0 heterocycles. The molecule has 0 fully saturated rings. The smallest absolute Gasteiger partial charge is 0.0493 e. The molecule has 0 bridgehead atoms. The van der Waals surface area contributed by atoms with Crippen LogP contribution in [-0.4, -0.2) is 48.4 Å². The molecule has 0 saturated heterocycles. The van der Waals surface area contributed by atoms with Crippen LogP contribution in [0, 0.1) is 0 Å². The minimum atomic E-state index is -1.50. The summed E-state index contributed by atoms with van der Waals surface area (Å²) in [4.78, 5) is 0. The van der Waals surface area contributed by atoms with Crippen LogP contribution in [0.1, 0.15) is 32.2 Å². The lowest BCUT2D eigenvalue weighted by molar-refractivity contribution is 1.10. The zero-order chi connectivity index (χ0) is 31.3. The molecule has 0 nitrogen and oxygen atoms in total. The predicted octanol–water partition coefficient (Wildman–Crippen LogP) is 12.2. The SMILES string of the molecule is C[Si](C)(C)C(c1cc(C([Si](C)(C)C)[Si](C)(C)C)c(P=PC2=C=CC=C2)c(C([Si](C)(C)C)[Si](C)(C)C)c1)[Si](C)(C)C. The largest absolute Gasteiger partial charge is 0.108 e. The molecule has 8 heteroatoms. The third-order valence-electron chi connectivity index (χ3n) is 8.18. The summed E-state index contributed by atoms with van der Waals surface area (Å²) in [5, 5.41) is 5.37. The van der Waals surface area contributed by atoms with Crippen molar-refractivity contribution in [3.8, 4) is 0 Å². The van der Waals surface area contributed by atoms with Gasteiger partial charge in [-0.1, -0.05) is 136 Å². The number of hydrogen-bond donors (Lipinski definition) is 0. The van der Waals surface area contributed by atoms with Crippen molar-refractivity contribution in [1.82, 2.24) is 0 Å². The van der Waals surface area contributed by atoms with Crippen LogP contribution < -0.4 is 5.30 Å². The van der Waals surface area contributed by atoms with Crippen molar-refractivity contribution >= 4 is 69.5 Å². The quantitative estimate of drug-likeness (QED) is 0.124. The minimum Gasteiger partial charge on any atom is -0.108 e. The van der Waals surface area contributed by atoms with Gasteiger partial charge in [0.2, 0.25) is 0 Å². The second-order valence-electron chi connectivity index (χ2n) is 18.8. The maximum Gasteiger partial charge on any atom is 0.0493 e. The normalized spacial score (nSPS) is 15.9. The number of benzene rings is 1. The van der Waals surface area contributed by atoms with E-state index >= 15 is 0 Å². The van der Waals surface area contributed by atoms with E-state index in [1.807, 2.05) is 0 Å². The van der Waals surface area contributed by atoms with Gasteiger partial charge in [-0.2, -0.15) is 0 Å².